The van der Waals surface area contributed by atoms with Gasteiger partial charge in [-0.15, -0.1) is 0 Å². The Morgan fingerprint density at radius 2 is 2.00 bits per heavy atom. The molecule has 1 aliphatic heterocycles. The fraction of sp³-hybridized carbons (Fsp3) is 0.538. The van der Waals surface area contributed by atoms with Gasteiger partial charge in [0.1, 0.15) is 11.5 Å². The lowest BCUT2D eigenvalue weighted by molar-refractivity contribution is 0.0671. The number of rotatable bonds is 3. The highest BCUT2D eigenvalue weighted by Gasteiger charge is 2.17. The Kier molecular flexibility index (Phi) is 3.86. The van der Waals surface area contributed by atoms with Gasteiger partial charge in [0.2, 0.25) is 0 Å². The van der Waals surface area contributed by atoms with Gasteiger partial charge in [-0.25, -0.2) is 0 Å². The van der Waals surface area contributed by atoms with E-state index >= 15 is 0 Å². The number of benzene rings is 1. The van der Waals surface area contributed by atoms with Crippen molar-refractivity contribution in [3.05, 3.63) is 23.8 Å². The zero-order valence-electron chi connectivity index (χ0n) is 10.0. The minimum absolute atomic E-state index is 0.0831. The molecule has 2 unspecified atom stereocenters. The molecule has 94 valence electrons. The van der Waals surface area contributed by atoms with Crippen LogP contribution >= 0.6 is 0 Å². The van der Waals surface area contributed by atoms with E-state index < -0.39 is 0 Å². The molecule has 0 amide bonds. The Hall–Kier alpha value is -1.26. The molecule has 1 fully saturated rings. The lowest BCUT2D eigenvalue weighted by Gasteiger charge is -2.27. The summed E-state index contributed by atoms with van der Waals surface area (Å²) in [6.07, 6.45) is 2.19. The van der Waals surface area contributed by atoms with Crippen molar-refractivity contribution in [1.29, 1.82) is 0 Å². The summed E-state index contributed by atoms with van der Waals surface area (Å²) in [4.78, 5) is 0. The summed E-state index contributed by atoms with van der Waals surface area (Å²) in [5, 5.41) is 22.3. The van der Waals surface area contributed by atoms with Crippen molar-refractivity contribution in [2.45, 2.75) is 31.8 Å². The van der Waals surface area contributed by atoms with E-state index in [0.29, 0.717) is 6.04 Å². The van der Waals surface area contributed by atoms with Gasteiger partial charge >= 0.3 is 0 Å². The van der Waals surface area contributed by atoms with Crippen molar-refractivity contribution in [2.75, 3.05) is 13.2 Å². The monoisotopic (exact) mass is 237 g/mol. The fourth-order valence-electron chi connectivity index (χ4n) is 2.19. The molecule has 0 spiro atoms. The minimum Gasteiger partial charge on any atom is -0.508 e. The van der Waals surface area contributed by atoms with Crippen LogP contribution in [0.25, 0.3) is 0 Å². The maximum absolute atomic E-state index is 9.44. The third-order valence-corrected chi connectivity index (χ3v) is 3.07. The normalized spacial score (nSPS) is 22.3. The van der Waals surface area contributed by atoms with Gasteiger partial charge in [-0.2, -0.15) is 0 Å². The Morgan fingerprint density at radius 1 is 1.29 bits per heavy atom. The molecule has 2 rings (SSSR count). The van der Waals surface area contributed by atoms with Gasteiger partial charge in [-0.05, 0) is 37.5 Å². The van der Waals surface area contributed by atoms with Crippen molar-refractivity contribution in [3.63, 3.8) is 0 Å². The molecule has 3 N–H and O–H groups in total. The Bertz CT molecular complexity index is 355. The lowest BCUT2D eigenvalue weighted by Crippen LogP contribution is -2.38. The highest BCUT2D eigenvalue weighted by Crippen LogP contribution is 2.25. The minimum atomic E-state index is 0.0831. The van der Waals surface area contributed by atoms with Crippen molar-refractivity contribution in [3.8, 4) is 11.5 Å². The molecular weight excluding hydrogens is 218 g/mol. The summed E-state index contributed by atoms with van der Waals surface area (Å²) in [6.45, 7) is 3.59. The lowest BCUT2D eigenvalue weighted by atomic mass is 10.0. The van der Waals surface area contributed by atoms with Crippen LogP contribution in [-0.2, 0) is 4.74 Å². The van der Waals surface area contributed by atoms with Crippen LogP contribution in [0.3, 0.4) is 0 Å². The van der Waals surface area contributed by atoms with Crippen LogP contribution in [0.4, 0.5) is 0 Å². The van der Waals surface area contributed by atoms with E-state index in [1.165, 1.54) is 6.07 Å². The average Bonchev–Trinajstić information content (AvgIpc) is 2.29. The van der Waals surface area contributed by atoms with Gasteiger partial charge in [0.15, 0.2) is 0 Å². The zero-order valence-corrected chi connectivity index (χ0v) is 10.0. The highest BCUT2D eigenvalue weighted by atomic mass is 16.5. The molecular formula is C13H19NO3. The third-order valence-electron chi connectivity index (χ3n) is 3.07. The second-order valence-corrected chi connectivity index (χ2v) is 4.59. The molecule has 1 aliphatic rings. The van der Waals surface area contributed by atoms with Crippen molar-refractivity contribution < 1.29 is 14.9 Å². The topological polar surface area (TPSA) is 61.7 Å². The van der Waals surface area contributed by atoms with E-state index in [1.807, 2.05) is 6.92 Å². The molecule has 4 heteroatoms. The Labute approximate surface area is 101 Å². The number of nitrogens with one attached hydrogen (secondary N) is 1. The number of aromatic hydroxyl groups is 2. The summed E-state index contributed by atoms with van der Waals surface area (Å²) >= 11 is 0. The van der Waals surface area contributed by atoms with Gasteiger partial charge in [-0.1, -0.05) is 0 Å². The maximum Gasteiger partial charge on any atom is 0.119 e. The van der Waals surface area contributed by atoms with Crippen LogP contribution in [0.1, 0.15) is 31.4 Å². The molecule has 1 saturated heterocycles. The zero-order chi connectivity index (χ0) is 12.3. The van der Waals surface area contributed by atoms with Crippen LogP contribution in [0.5, 0.6) is 11.5 Å². The van der Waals surface area contributed by atoms with Gasteiger partial charge in [0, 0.05) is 24.8 Å². The largest absolute Gasteiger partial charge is 0.508 e. The number of phenols is 2. The molecule has 0 bridgehead atoms. The van der Waals surface area contributed by atoms with Gasteiger partial charge in [0.05, 0.1) is 6.61 Å². The van der Waals surface area contributed by atoms with Crippen molar-refractivity contribution in [2.24, 2.45) is 0 Å². The SMILES string of the molecule is CC(NC1CCCOC1)c1cc(O)cc(O)c1. The van der Waals surface area contributed by atoms with Crippen LogP contribution in [0.15, 0.2) is 18.2 Å². The summed E-state index contributed by atoms with van der Waals surface area (Å²) in [6, 6.07) is 5.10. The van der Waals surface area contributed by atoms with Crippen molar-refractivity contribution >= 4 is 0 Å². The summed E-state index contributed by atoms with van der Waals surface area (Å²) in [5.74, 6) is 0.182. The number of ether oxygens (including phenoxy) is 1. The number of hydrogen-bond acceptors (Lipinski definition) is 4. The first-order valence-corrected chi connectivity index (χ1v) is 6.02. The van der Waals surface area contributed by atoms with Crippen LogP contribution < -0.4 is 5.32 Å². The van der Waals surface area contributed by atoms with E-state index in [4.69, 9.17) is 4.74 Å². The Morgan fingerprint density at radius 3 is 2.59 bits per heavy atom. The van der Waals surface area contributed by atoms with Crippen LogP contribution in [-0.4, -0.2) is 29.5 Å². The molecule has 1 aromatic carbocycles. The predicted octanol–water partition coefficient (Wildman–Crippen LogP) is 1.93. The molecule has 1 heterocycles. The van der Waals surface area contributed by atoms with Gasteiger partial charge in [0.25, 0.3) is 0 Å². The predicted molar refractivity (Wildman–Crippen MR) is 65.2 cm³/mol. The van der Waals surface area contributed by atoms with E-state index in [9.17, 15) is 10.2 Å². The second kappa shape index (κ2) is 5.38. The average molecular weight is 237 g/mol. The van der Waals surface area contributed by atoms with Crippen molar-refractivity contribution in [1.82, 2.24) is 5.32 Å². The Balaban J connectivity index is 2.00. The first-order valence-electron chi connectivity index (χ1n) is 6.02. The van der Waals surface area contributed by atoms with E-state index in [-0.39, 0.29) is 17.5 Å². The molecule has 1 aromatic rings. The summed E-state index contributed by atoms with van der Waals surface area (Å²) in [5.41, 5.74) is 0.882. The molecule has 4 nitrogen and oxygen atoms in total. The second-order valence-electron chi connectivity index (χ2n) is 4.59. The molecule has 0 aliphatic carbocycles. The van der Waals surface area contributed by atoms with E-state index in [1.54, 1.807) is 12.1 Å². The molecule has 17 heavy (non-hydrogen) atoms. The molecule has 2 atom stereocenters. The smallest absolute Gasteiger partial charge is 0.119 e. The molecule has 0 radical (unpaired) electrons. The first kappa shape index (κ1) is 12.2. The van der Waals surface area contributed by atoms with E-state index in [0.717, 1.165) is 31.6 Å². The molecule has 0 aromatic heterocycles. The standard InChI is InChI=1S/C13H19NO3/c1-9(14-11-3-2-4-17-8-11)10-5-12(15)7-13(16)6-10/h5-7,9,11,14-16H,2-4,8H2,1H3. The fourth-order valence-corrected chi connectivity index (χ4v) is 2.19. The number of hydrogen-bond donors (Lipinski definition) is 3. The highest BCUT2D eigenvalue weighted by molar-refractivity contribution is 5.37. The first-order chi connectivity index (χ1) is 8.15. The summed E-state index contributed by atoms with van der Waals surface area (Å²) in [7, 11) is 0. The number of phenolic OH excluding ortho intramolecular Hbond substituents is 2. The van der Waals surface area contributed by atoms with Gasteiger partial charge in [-0.3, -0.25) is 0 Å². The van der Waals surface area contributed by atoms with Gasteiger partial charge < -0.3 is 20.3 Å². The quantitative estimate of drug-likeness (QED) is 0.751. The molecule has 0 saturated carbocycles. The summed E-state index contributed by atoms with van der Waals surface area (Å²) < 4.78 is 5.41. The maximum atomic E-state index is 9.44. The van der Waals surface area contributed by atoms with Crippen LogP contribution in [0, 0.1) is 0 Å². The third kappa shape index (κ3) is 3.35. The van der Waals surface area contributed by atoms with Crippen LogP contribution in [0.2, 0.25) is 0 Å². The van der Waals surface area contributed by atoms with E-state index in [2.05, 4.69) is 5.32 Å².